The van der Waals surface area contributed by atoms with E-state index in [-0.39, 0.29) is 12.6 Å². The SMILES string of the molecule is Bc1ccc(OCCCC)c(C2OC(c3ccccc3)O2)c1. The molecule has 1 fully saturated rings. The van der Waals surface area contributed by atoms with Gasteiger partial charge in [0.15, 0.2) is 12.6 Å². The molecule has 114 valence electrons. The van der Waals surface area contributed by atoms with Gasteiger partial charge in [0.25, 0.3) is 0 Å². The summed E-state index contributed by atoms with van der Waals surface area (Å²) in [6.45, 7) is 2.88. The maximum absolute atomic E-state index is 5.91. The van der Waals surface area contributed by atoms with Crippen molar-refractivity contribution in [1.82, 2.24) is 0 Å². The summed E-state index contributed by atoms with van der Waals surface area (Å²) in [7, 11) is 2.06. The van der Waals surface area contributed by atoms with Gasteiger partial charge in [0, 0.05) is 11.1 Å². The fourth-order valence-electron chi connectivity index (χ4n) is 2.46. The predicted molar refractivity (Wildman–Crippen MR) is 89.1 cm³/mol. The van der Waals surface area contributed by atoms with Crippen molar-refractivity contribution in [3.8, 4) is 5.75 Å². The molecule has 1 heterocycles. The van der Waals surface area contributed by atoms with Crippen molar-refractivity contribution in [2.24, 2.45) is 0 Å². The first-order valence-corrected chi connectivity index (χ1v) is 7.87. The first-order valence-electron chi connectivity index (χ1n) is 7.87. The van der Waals surface area contributed by atoms with E-state index in [4.69, 9.17) is 14.2 Å². The van der Waals surface area contributed by atoms with Gasteiger partial charge >= 0.3 is 0 Å². The molecule has 0 unspecified atom stereocenters. The minimum Gasteiger partial charge on any atom is -0.493 e. The molecular weight excluding hydrogens is 275 g/mol. The number of hydrogen-bond donors (Lipinski definition) is 0. The smallest absolute Gasteiger partial charge is 0.194 e. The minimum atomic E-state index is -0.346. The van der Waals surface area contributed by atoms with E-state index in [1.54, 1.807) is 0 Å². The lowest BCUT2D eigenvalue weighted by Crippen LogP contribution is -2.28. The van der Waals surface area contributed by atoms with Gasteiger partial charge in [-0.2, -0.15) is 0 Å². The van der Waals surface area contributed by atoms with E-state index in [9.17, 15) is 0 Å². The molecule has 0 N–H and O–H groups in total. The quantitative estimate of drug-likeness (QED) is 0.606. The summed E-state index contributed by atoms with van der Waals surface area (Å²) in [5.41, 5.74) is 3.19. The summed E-state index contributed by atoms with van der Waals surface area (Å²) in [6.07, 6.45) is 1.54. The average Bonchev–Trinajstić information content (AvgIpc) is 2.49. The molecule has 0 saturated carbocycles. The molecule has 0 atom stereocenters. The molecule has 3 nitrogen and oxygen atoms in total. The van der Waals surface area contributed by atoms with Crippen molar-refractivity contribution < 1.29 is 14.2 Å². The monoisotopic (exact) mass is 296 g/mol. The van der Waals surface area contributed by atoms with Crippen LogP contribution in [0.1, 0.15) is 43.5 Å². The van der Waals surface area contributed by atoms with Crippen molar-refractivity contribution in [3.63, 3.8) is 0 Å². The van der Waals surface area contributed by atoms with Gasteiger partial charge < -0.3 is 14.2 Å². The highest BCUT2D eigenvalue weighted by Crippen LogP contribution is 2.43. The van der Waals surface area contributed by atoms with Crippen molar-refractivity contribution in [1.29, 1.82) is 0 Å². The van der Waals surface area contributed by atoms with E-state index in [1.807, 2.05) is 36.4 Å². The zero-order chi connectivity index (χ0) is 15.4. The fourth-order valence-corrected chi connectivity index (χ4v) is 2.46. The summed E-state index contributed by atoms with van der Waals surface area (Å²) in [6, 6.07) is 16.1. The van der Waals surface area contributed by atoms with Crippen LogP contribution in [0.2, 0.25) is 0 Å². The maximum atomic E-state index is 5.91. The van der Waals surface area contributed by atoms with Gasteiger partial charge in [0.1, 0.15) is 13.6 Å². The summed E-state index contributed by atoms with van der Waals surface area (Å²) >= 11 is 0. The first kappa shape index (κ1) is 15.1. The Balaban J connectivity index is 1.69. The number of benzene rings is 2. The van der Waals surface area contributed by atoms with Crippen molar-refractivity contribution in [2.45, 2.75) is 32.3 Å². The van der Waals surface area contributed by atoms with Gasteiger partial charge in [0.2, 0.25) is 0 Å². The third-order valence-corrected chi connectivity index (χ3v) is 3.74. The second-order valence-electron chi connectivity index (χ2n) is 5.59. The highest BCUT2D eigenvalue weighted by molar-refractivity contribution is 6.32. The number of ether oxygens (including phenoxy) is 3. The van der Waals surface area contributed by atoms with Crippen LogP contribution in [0, 0.1) is 0 Å². The van der Waals surface area contributed by atoms with Gasteiger partial charge in [0.05, 0.1) is 6.61 Å². The summed E-state index contributed by atoms with van der Waals surface area (Å²) in [4.78, 5) is 0. The Kier molecular flexibility index (Phi) is 4.81. The summed E-state index contributed by atoms with van der Waals surface area (Å²) in [5.74, 6) is 0.857. The molecule has 2 aromatic carbocycles. The standard InChI is InChI=1S/C18H21BO3/c1-2-3-11-20-16-10-9-14(19)12-15(16)18-21-17(22-18)13-7-5-4-6-8-13/h4-10,12,17-18H,2-3,11,19H2,1H3. The van der Waals surface area contributed by atoms with Crippen LogP contribution in [-0.2, 0) is 9.47 Å². The number of rotatable bonds is 6. The van der Waals surface area contributed by atoms with E-state index >= 15 is 0 Å². The van der Waals surface area contributed by atoms with Gasteiger partial charge in [-0.05, 0) is 12.5 Å². The molecule has 0 bridgehead atoms. The zero-order valence-electron chi connectivity index (χ0n) is 13.1. The van der Waals surface area contributed by atoms with E-state index in [1.165, 1.54) is 5.46 Å². The third-order valence-electron chi connectivity index (χ3n) is 3.74. The van der Waals surface area contributed by atoms with Crippen molar-refractivity contribution in [3.05, 3.63) is 59.7 Å². The molecule has 2 aromatic rings. The van der Waals surface area contributed by atoms with Gasteiger partial charge in [-0.15, -0.1) is 0 Å². The lowest BCUT2D eigenvalue weighted by atomic mass is 9.93. The zero-order valence-corrected chi connectivity index (χ0v) is 13.1. The molecule has 3 rings (SSSR count). The largest absolute Gasteiger partial charge is 0.493 e. The van der Waals surface area contributed by atoms with Crippen LogP contribution in [0.3, 0.4) is 0 Å². The highest BCUT2D eigenvalue weighted by Gasteiger charge is 2.35. The van der Waals surface area contributed by atoms with Crippen LogP contribution in [0.4, 0.5) is 0 Å². The van der Waals surface area contributed by atoms with Crippen molar-refractivity contribution in [2.75, 3.05) is 6.61 Å². The van der Waals surface area contributed by atoms with Gasteiger partial charge in [-0.1, -0.05) is 61.3 Å². The van der Waals surface area contributed by atoms with E-state index in [0.717, 1.165) is 36.3 Å². The van der Waals surface area contributed by atoms with Crippen LogP contribution in [0.25, 0.3) is 0 Å². The third kappa shape index (κ3) is 3.34. The summed E-state index contributed by atoms with van der Waals surface area (Å²) < 4.78 is 17.7. The second-order valence-corrected chi connectivity index (χ2v) is 5.59. The molecular formula is C18H21BO3. The van der Waals surface area contributed by atoms with Crippen LogP contribution in [0.5, 0.6) is 5.75 Å². The normalized spacial score (nSPS) is 20.4. The van der Waals surface area contributed by atoms with Crippen LogP contribution < -0.4 is 10.2 Å². The molecule has 0 radical (unpaired) electrons. The van der Waals surface area contributed by atoms with Crippen LogP contribution in [-0.4, -0.2) is 14.5 Å². The molecule has 0 aromatic heterocycles. The van der Waals surface area contributed by atoms with Gasteiger partial charge in [-0.3, -0.25) is 0 Å². The molecule has 1 aliphatic rings. The predicted octanol–water partition coefficient (Wildman–Crippen LogP) is 2.87. The van der Waals surface area contributed by atoms with Crippen molar-refractivity contribution >= 4 is 13.3 Å². The lowest BCUT2D eigenvalue weighted by Gasteiger charge is -2.37. The molecule has 1 aliphatic heterocycles. The van der Waals surface area contributed by atoms with Gasteiger partial charge in [-0.25, -0.2) is 0 Å². The number of hydrogen-bond acceptors (Lipinski definition) is 3. The first-order chi connectivity index (χ1) is 10.8. The molecule has 22 heavy (non-hydrogen) atoms. The van der Waals surface area contributed by atoms with E-state index in [0.29, 0.717) is 0 Å². The highest BCUT2D eigenvalue weighted by atomic mass is 16.9. The molecule has 0 amide bonds. The topological polar surface area (TPSA) is 27.7 Å². The average molecular weight is 296 g/mol. The Morgan fingerprint density at radius 3 is 2.55 bits per heavy atom. The number of unbranched alkanes of at least 4 members (excludes halogenated alkanes) is 1. The Morgan fingerprint density at radius 2 is 1.82 bits per heavy atom. The minimum absolute atomic E-state index is 0.282. The maximum Gasteiger partial charge on any atom is 0.194 e. The van der Waals surface area contributed by atoms with E-state index < -0.39 is 0 Å². The summed E-state index contributed by atoms with van der Waals surface area (Å²) in [5, 5.41) is 0. The van der Waals surface area contributed by atoms with E-state index in [2.05, 4.69) is 26.9 Å². The molecule has 1 saturated heterocycles. The van der Waals surface area contributed by atoms with Crippen LogP contribution in [0.15, 0.2) is 48.5 Å². The second kappa shape index (κ2) is 6.99. The Bertz CT molecular complexity index is 609. The Labute approximate surface area is 132 Å². The van der Waals surface area contributed by atoms with Crippen LogP contribution >= 0.6 is 0 Å². The molecule has 4 heteroatoms. The fraction of sp³-hybridized carbons (Fsp3) is 0.333. The lowest BCUT2D eigenvalue weighted by molar-refractivity contribution is -0.397. The molecule has 0 aliphatic carbocycles. The molecule has 0 spiro atoms. The Hall–Kier alpha value is -1.78. The Morgan fingerprint density at radius 1 is 1.05 bits per heavy atom.